The molecular weight excluding hydrogens is 304 g/mol. The summed E-state index contributed by atoms with van der Waals surface area (Å²) in [6.07, 6.45) is 1.63. The van der Waals surface area contributed by atoms with Gasteiger partial charge in [0.15, 0.2) is 0 Å². The van der Waals surface area contributed by atoms with Crippen LogP contribution in [0, 0.1) is 13.8 Å². The molecule has 0 aromatic carbocycles. The van der Waals surface area contributed by atoms with Crippen molar-refractivity contribution in [1.29, 1.82) is 0 Å². The number of aryl methyl sites for hydroxylation is 2. The molecule has 0 bridgehead atoms. The van der Waals surface area contributed by atoms with Crippen LogP contribution in [-0.2, 0) is 22.6 Å². The van der Waals surface area contributed by atoms with Gasteiger partial charge in [-0.2, -0.15) is 0 Å². The molecule has 3 rings (SSSR count). The number of esters is 1. The molecule has 0 aliphatic heterocycles. The maximum atomic E-state index is 11.9. The number of nitrogens with zero attached hydrogens (tertiary/aromatic N) is 2. The summed E-state index contributed by atoms with van der Waals surface area (Å²) in [5.74, 6) is 0.817. The number of rotatable bonds is 5. The van der Waals surface area contributed by atoms with E-state index in [9.17, 15) is 4.79 Å². The molecule has 0 aliphatic rings. The molecule has 0 saturated heterocycles. The quantitative estimate of drug-likeness (QED) is 0.672. The number of oxazole rings is 1. The summed E-state index contributed by atoms with van der Waals surface area (Å²) < 4.78 is 15.6. The normalized spacial score (nSPS) is 10.8. The third kappa shape index (κ3) is 3.09. The summed E-state index contributed by atoms with van der Waals surface area (Å²) in [6.45, 7) is 3.65. The highest BCUT2D eigenvalue weighted by Crippen LogP contribution is 2.23. The Morgan fingerprint density at radius 1 is 1.41 bits per heavy atom. The molecule has 0 unspecified atom stereocenters. The minimum atomic E-state index is -0.352. The van der Waals surface area contributed by atoms with Crippen molar-refractivity contribution in [3.8, 4) is 10.8 Å². The second-order valence-corrected chi connectivity index (χ2v) is 5.71. The molecule has 0 aliphatic carbocycles. The van der Waals surface area contributed by atoms with Gasteiger partial charge in [0.05, 0.1) is 17.0 Å². The van der Waals surface area contributed by atoms with Crippen molar-refractivity contribution in [3.63, 3.8) is 0 Å². The maximum Gasteiger partial charge on any atom is 0.310 e. The number of ether oxygens (including phenoxy) is 1. The lowest BCUT2D eigenvalue weighted by Crippen LogP contribution is -2.09. The highest BCUT2D eigenvalue weighted by atomic mass is 32.1. The molecule has 114 valence electrons. The van der Waals surface area contributed by atoms with Gasteiger partial charge in [-0.1, -0.05) is 11.2 Å². The first-order valence-corrected chi connectivity index (χ1v) is 7.57. The van der Waals surface area contributed by atoms with Crippen LogP contribution in [0.5, 0.6) is 0 Å². The molecule has 0 amide bonds. The summed E-state index contributed by atoms with van der Waals surface area (Å²) in [7, 11) is 0. The van der Waals surface area contributed by atoms with Crippen molar-refractivity contribution >= 4 is 17.3 Å². The van der Waals surface area contributed by atoms with Gasteiger partial charge in [0.25, 0.3) is 0 Å². The molecule has 0 saturated carbocycles. The van der Waals surface area contributed by atoms with Gasteiger partial charge in [0.1, 0.15) is 24.3 Å². The molecule has 3 heterocycles. The SMILES string of the molecule is Cc1noc(C)c1CC(=O)OCc1coc(-c2cccs2)n1. The Labute approximate surface area is 130 Å². The topological polar surface area (TPSA) is 78.4 Å². The standard InChI is InChI=1S/C15H14N2O4S/c1-9-12(10(2)21-17-9)6-14(18)19-7-11-8-20-15(16-11)13-4-3-5-22-13/h3-5,8H,6-7H2,1-2H3. The van der Waals surface area contributed by atoms with Gasteiger partial charge in [-0.05, 0) is 25.3 Å². The average Bonchev–Trinajstić information content (AvgIpc) is 3.22. The smallest absolute Gasteiger partial charge is 0.310 e. The first-order valence-electron chi connectivity index (χ1n) is 6.69. The number of aromatic nitrogens is 2. The van der Waals surface area contributed by atoms with E-state index in [2.05, 4.69) is 10.1 Å². The second-order valence-electron chi connectivity index (χ2n) is 4.76. The van der Waals surface area contributed by atoms with Crippen molar-refractivity contribution < 1.29 is 18.5 Å². The summed E-state index contributed by atoms with van der Waals surface area (Å²) in [4.78, 5) is 17.1. The van der Waals surface area contributed by atoms with Crippen LogP contribution in [0.15, 0.2) is 32.7 Å². The molecule has 0 spiro atoms. The van der Waals surface area contributed by atoms with E-state index in [1.807, 2.05) is 17.5 Å². The highest BCUT2D eigenvalue weighted by Gasteiger charge is 2.15. The molecule has 0 atom stereocenters. The fourth-order valence-electron chi connectivity index (χ4n) is 1.99. The Morgan fingerprint density at radius 3 is 2.95 bits per heavy atom. The number of hydrogen-bond donors (Lipinski definition) is 0. The number of hydrogen-bond acceptors (Lipinski definition) is 7. The third-order valence-corrected chi connectivity index (χ3v) is 4.02. The Bertz CT molecular complexity index is 754. The molecule has 3 aromatic heterocycles. The van der Waals surface area contributed by atoms with Crippen LogP contribution < -0.4 is 0 Å². The predicted octanol–water partition coefficient (Wildman–Crippen LogP) is 3.29. The fourth-order valence-corrected chi connectivity index (χ4v) is 2.65. The predicted molar refractivity (Wildman–Crippen MR) is 79.3 cm³/mol. The van der Waals surface area contributed by atoms with Crippen LogP contribution in [0.3, 0.4) is 0 Å². The van der Waals surface area contributed by atoms with Crippen LogP contribution in [0.4, 0.5) is 0 Å². The van der Waals surface area contributed by atoms with Gasteiger partial charge in [-0.3, -0.25) is 4.79 Å². The first kappa shape index (κ1) is 14.5. The van der Waals surface area contributed by atoms with Gasteiger partial charge >= 0.3 is 5.97 Å². The zero-order valence-electron chi connectivity index (χ0n) is 12.2. The van der Waals surface area contributed by atoms with Gasteiger partial charge < -0.3 is 13.7 Å². The summed E-state index contributed by atoms with van der Waals surface area (Å²) in [5.41, 5.74) is 2.05. The number of carbonyl (C=O) groups is 1. The Kier molecular flexibility index (Phi) is 4.06. The molecule has 0 N–H and O–H groups in total. The second kappa shape index (κ2) is 6.15. The van der Waals surface area contributed by atoms with Crippen molar-refractivity contribution in [3.05, 3.63) is 46.5 Å². The lowest BCUT2D eigenvalue weighted by molar-refractivity contribution is -0.144. The number of thiophene rings is 1. The van der Waals surface area contributed by atoms with Gasteiger partial charge in [-0.25, -0.2) is 4.98 Å². The van der Waals surface area contributed by atoms with E-state index in [-0.39, 0.29) is 19.0 Å². The summed E-state index contributed by atoms with van der Waals surface area (Å²) >= 11 is 1.54. The zero-order valence-corrected chi connectivity index (χ0v) is 13.0. The van der Waals surface area contributed by atoms with E-state index in [0.717, 1.165) is 10.4 Å². The zero-order chi connectivity index (χ0) is 15.5. The van der Waals surface area contributed by atoms with Crippen LogP contribution in [0.2, 0.25) is 0 Å². The van der Waals surface area contributed by atoms with Gasteiger partial charge in [0.2, 0.25) is 5.89 Å². The molecule has 0 fully saturated rings. The van der Waals surface area contributed by atoms with Crippen LogP contribution >= 0.6 is 11.3 Å². The van der Waals surface area contributed by atoms with Crippen molar-refractivity contribution in [2.75, 3.05) is 0 Å². The van der Waals surface area contributed by atoms with E-state index < -0.39 is 0 Å². The number of carbonyl (C=O) groups excluding carboxylic acids is 1. The Morgan fingerprint density at radius 2 is 2.27 bits per heavy atom. The molecule has 22 heavy (non-hydrogen) atoms. The molecular formula is C15H14N2O4S. The lowest BCUT2D eigenvalue weighted by atomic mass is 10.1. The monoisotopic (exact) mass is 318 g/mol. The Balaban J connectivity index is 1.57. The van der Waals surface area contributed by atoms with E-state index in [1.54, 1.807) is 13.8 Å². The fraction of sp³-hybridized carbons (Fsp3) is 0.267. The lowest BCUT2D eigenvalue weighted by Gasteiger charge is -2.02. The summed E-state index contributed by atoms with van der Waals surface area (Å²) in [6, 6.07) is 3.84. The van der Waals surface area contributed by atoms with E-state index >= 15 is 0 Å². The van der Waals surface area contributed by atoms with Gasteiger partial charge in [0, 0.05) is 5.56 Å². The van der Waals surface area contributed by atoms with Crippen LogP contribution in [0.1, 0.15) is 22.7 Å². The van der Waals surface area contributed by atoms with Crippen LogP contribution in [-0.4, -0.2) is 16.1 Å². The Hall–Kier alpha value is -2.41. The van der Waals surface area contributed by atoms with E-state index in [4.69, 9.17) is 13.7 Å². The van der Waals surface area contributed by atoms with E-state index in [1.165, 1.54) is 17.6 Å². The minimum Gasteiger partial charge on any atom is -0.459 e. The van der Waals surface area contributed by atoms with Crippen LogP contribution in [0.25, 0.3) is 10.8 Å². The maximum absolute atomic E-state index is 11.9. The van der Waals surface area contributed by atoms with Gasteiger partial charge in [-0.15, -0.1) is 11.3 Å². The molecule has 7 heteroatoms. The summed E-state index contributed by atoms with van der Waals surface area (Å²) in [5, 5.41) is 5.76. The molecule has 3 aromatic rings. The largest absolute Gasteiger partial charge is 0.459 e. The average molecular weight is 318 g/mol. The van der Waals surface area contributed by atoms with Crippen molar-refractivity contribution in [1.82, 2.24) is 10.1 Å². The van der Waals surface area contributed by atoms with E-state index in [0.29, 0.717) is 23.0 Å². The third-order valence-electron chi connectivity index (χ3n) is 3.17. The minimum absolute atomic E-state index is 0.0804. The van der Waals surface area contributed by atoms with Crippen molar-refractivity contribution in [2.24, 2.45) is 0 Å². The highest BCUT2D eigenvalue weighted by molar-refractivity contribution is 7.13. The first-order chi connectivity index (χ1) is 10.6. The molecule has 0 radical (unpaired) electrons. The van der Waals surface area contributed by atoms with Crippen molar-refractivity contribution in [2.45, 2.75) is 26.9 Å². The molecule has 6 nitrogen and oxygen atoms in total.